The molecule has 0 rings (SSSR count). The Morgan fingerprint density at radius 1 is 1.05 bits per heavy atom. The molecule has 0 aliphatic heterocycles. The van der Waals surface area contributed by atoms with Crippen LogP contribution in [0.2, 0.25) is 0 Å². The minimum atomic E-state index is -0.443. The van der Waals surface area contributed by atoms with E-state index in [-0.39, 0.29) is 11.6 Å². The van der Waals surface area contributed by atoms with E-state index in [1.54, 1.807) is 0 Å². The van der Waals surface area contributed by atoms with Crippen molar-refractivity contribution in [1.82, 2.24) is 10.6 Å². The van der Waals surface area contributed by atoms with E-state index in [1.807, 2.05) is 20.8 Å². The van der Waals surface area contributed by atoms with Crippen molar-refractivity contribution in [2.24, 2.45) is 11.8 Å². The van der Waals surface area contributed by atoms with Crippen LogP contribution in [0.15, 0.2) is 0 Å². The van der Waals surface area contributed by atoms with Gasteiger partial charge in [0.1, 0.15) is 5.60 Å². The van der Waals surface area contributed by atoms with Crippen LogP contribution in [0.5, 0.6) is 0 Å². The van der Waals surface area contributed by atoms with Crippen molar-refractivity contribution < 1.29 is 9.53 Å². The van der Waals surface area contributed by atoms with Gasteiger partial charge in [-0.3, -0.25) is 0 Å². The Bertz CT molecular complexity index is 275. The van der Waals surface area contributed by atoms with Gasteiger partial charge in [0.25, 0.3) is 0 Å². The molecule has 1 atom stereocenters. The van der Waals surface area contributed by atoms with Gasteiger partial charge in [0.15, 0.2) is 0 Å². The number of carbonyl (C=O) groups excluding carboxylic acids is 1. The van der Waals surface area contributed by atoms with Gasteiger partial charge in [-0.2, -0.15) is 0 Å². The maximum Gasteiger partial charge on any atom is 0.407 e. The third-order valence-electron chi connectivity index (χ3n) is 2.74. The van der Waals surface area contributed by atoms with Crippen LogP contribution < -0.4 is 10.6 Å². The Hall–Kier alpha value is -0.770. The summed E-state index contributed by atoms with van der Waals surface area (Å²) in [6.45, 7) is 17.9. The summed E-state index contributed by atoms with van der Waals surface area (Å²) >= 11 is 0. The van der Waals surface area contributed by atoms with Crippen LogP contribution in [-0.4, -0.2) is 30.3 Å². The van der Waals surface area contributed by atoms with E-state index in [0.29, 0.717) is 18.4 Å². The number of carbonyl (C=O) groups is 1. The summed E-state index contributed by atoms with van der Waals surface area (Å²) in [7, 11) is 0. The number of ether oxygens (including phenoxy) is 1. The van der Waals surface area contributed by atoms with E-state index >= 15 is 0 Å². The lowest BCUT2D eigenvalue weighted by Crippen LogP contribution is -2.44. The third-order valence-corrected chi connectivity index (χ3v) is 2.74. The number of hydrogen-bond acceptors (Lipinski definition) is 3. The van der Waals surface area contributed by atoms with Crippen LogP contribution in [-0.2, 0) is 4.74 Å². The third kappa shape index (κ3) is 10.8. The van der Waals surface area contributed by atoms with Gasteiger partial charge >= 0.3 is 6.09 Å². The van der Waals surface area contributed by atoms with Crippen molar-refractivity contribution in [1.29, 1.82) is 0 Å². The molecule has 0 bridgehead atoms. The second kappa shape index (κ2) is 7.13. The molecule has 114 valence electrons. The first-order chi connectivity index (χ1) is 8.41. The largest absolute Gasteiger partial charge is 0.444 e. The summed E-state index contributed by atoms with van der Waals surface area (Å²) in [5.74, 6) is 0.900. The SMILES string of the molecule is CC(C)C(CNC(=O)OC(C)(C)C)CNC(C)(C)C. The van der Waals surface area contributed by atoms with Gasteiger partial charge in [-0.05, 0) is 53.4 Å². The van der Waals surface area contributed by atoms with Gasteiger partial charge in [0.05, 0.1) is 0 Å². The number of amides is 1. The molecule has 0 aliphatic carbocycles. The lowest BCUT2D eigenvalue weighted by Gasteiger charge is -2.28. The smallest absolute Gasteiger partial charge is 0.407 e. The highest BCUT2D eigenvalue weighted by Crippen LogP contribution is 2.12. The van der Waals surface area contributed by atoms with Gasteiger partial charge in [-0.25, -0.2) is 4.79 Å². The Labute approximate surface area is 118 Å². The molecule has 0 aliphatic rings. The molecule has 0 fully saturated rings. The van der Waals surface area contributed by atoms with Crippen molar-refractivity contribution >= 4 is 6.09 Å². The first-order valence-electron chi connectivity index (χ1n) is 7.12. The van der Waals surface area contributed by atoms with Crippen LogP contribution in [0, 0.1) is 11.8 Å². The van der Waals surface area contributed by atoms with Crippen LogP contribution in [0.3, 0.4) is 0 Å². The molecule has 0 saturated carbocycles. The Morgan fingerprint density at radius 2 is 1.58 bits per heavy atom. The second-order valence-corrected chi connectivity index (χ2v) is 7.52. The van der Waals surface area contributed by atoms with E-state index in [2.05, 4.69) is 45.3 Å². The van der Waals surface area contributed by atoms with Crippen LogP contribution in [0.25, 0.3) is 0 Å². The maximum absolute atomic E-state index is 11.6. The first kappa shape index (κ1) is 18.2. The highest BCUT2D eigenvalue weighted by atomic mass is 16.6. The predicted octanol–water partition coefficient (Wildman–Crippen LogP) is 3.17. The standard InChI is InChI=1S/C15H32N2O2/c1-11(2)12(10-17-14(3,4)5)9-16-13(18)19-15(6,7)8/h11-12,17H,9-10H2,1-8H3,(H,16,18). The average molecular weight is 272 g/mol. The monoisotopic (exact) mass is 272 g/mol. The van der Waals surface area contributed by atoms with Gasteiger partial charge in [0.2, 0.25) is 0 Å². The quantitative estimate of drug-likeness (QED) is 0.808. The highest BCUT2D eigenvalue weighted by molar-refractivity contribution is 5.67. The molecule has 4 nitrogen and oxygen atoms in total. The van der Waals surface area contributed by atoms with Crippen molar-refractivity contribution in [3.05, 3.63) is 0 Å². The van der Waals surface area contributed by atoms with E-state index in [9.17, 15) is 4.79 Å². The lowest BCUT2D eigenvalue weighted by atomic mass is 9.94. The van der Waals surface area contributed by atoms with Gasteiger partial charge in [-0.1, -0.05) is 13.8 Å². The normalized spacial score (nSPS) is 14.4. The number of alkyl carbamates (subject to hydrolysis) is 1. The Morgan fingerprint density at radius 3 is 1.95 bits per heavy atom. The fourth-order valence-corrected chi connectivity index (χ4v) is 1.51. The average Bonchev–Trinajstić information content (AvgIpc) is 2.11. The number of rotatable bonds is 5. The summed E-state index contributed by atoms with van der Waals surface area (Å²) in [5.41, 5.74) is -0.347. The molecule has 0 heterocycles. The Kier molecular flexibility index (Phi) is 6.84. The zero-order chi connectivity index (χ0) is 15.3. The molecule has 1 amide bonds. The molecule has 0 aromatic carbocycles. The minimum Gasteiger partial charge on any atom is -0.444 e. The van der Waals surface area contributed by atoms with E-state index in [1.165, 1.54) is 0 Å². The second-order valence-electron chi connectivity index (χ2n) is 7.52. The summed E-state index contributed by atoms with van der Waals surface area (Å²) < 4.78 is 5.24. The minimum absolute atomic E-state index is 0.0963. The van der Waals surface area contributed by atoms with Crippen LogP contribution in [0.1, 0.15) is 55.4 Å². The first-order valence-corrected chi connectivity index (χ1v) is 7.12. The fourth-order valence-electron chi connectivity index (χ4n) is 1.51. The topological polar surface area (TPSA) is 50.4 Å². The lowest BCUT2D eigenvalue weighted by molar-refractivity contribution is 0.0514. The molecule has 2 N–H and O–H groups in total. The molecule has 1 unspecified atom stereocenters. The van der Waals surface area contributed by atoms with E-state index in [0.717, 1.165) is 6.54 Å². The van der Waals surface area contributed by atoms with E-state index < -0.39 is 5.60 Å². The summed E-state index contributed by atoms with van der Waals surface area (Å²) in [4.78, 5) is 11.6. The molecule has 4 heteroatoms. The van der Waals surface area contributed by atoms with Gasteiger partial charge < -0.3 is 15.4 Å². The highest BCUT2D eigenvalue weighted by Gasteiger charge is 2.20. The van der Waals surface area contributed by atoms with Gasteiger partial charge in [-0.15, -0.1) is 0 Å². The summed E-state index contributed by atoms with van der Waals surface area (Å²) in [6, 6.07) is 0. The van der Waals surface area contributed by atoms with Gasteiger partial charge in [0, 0.05) is 18.6 Å². The maximum atomic E-state index is 11.6. The van der Waals surface area contributed by atoms with Crippen molar-refractivity contribution in [2.45, 2.75) is 66.5 Å². The van der Waals surface area contributed by atoms with Crippen molar-refractivity contribution in [3.63, 3.8) is 0 Å². The van der Waals surface area contributed by atoms with Crippen LogP contribution >= 0.6 is 0 Å². The van der Waals surface area contributed by atoms with E-state index in [4.69, 9.17) is 4.74 Å². The molecule has 0 aromatic heterocycles. The zero-order valence-corrected chi connectivity index (χ0v) is 13.9. The molecule has 0 aromatic rings. The molecule has 0 radical (unpaired) electrons. The molecule has 0 spiro atoms. The Balaban J connectivity index is 4.19. The molecular formula is C15H32N2O2. The zero-order valence-electron chi connectivity index (χ0n) is 13.9. The molecule has 19 heavy (non-hydrogen) atoms. The summed E-state index contributed by atoms with van der Waals surface area (Å²) in [6.07, 6.45) is -0.339. The molecule has 0 saturated heterocycles. The predicted molar refractivity (Wildman–Crippen MR) is 80.3 cm³/mol. The summed E-state index contributed by atoms with van der Waals surface area (Å²) in [5, 5.41) is 6.34. The van der Waals surface area contributed by atoms with Crippen molar-refractivity contribution in [2.75, 3.05) is 13.1 Å². The van der Waals surface area contributed by atoms with Crippen LogP contribution in [0.4, 0.5) is 4.79 Å². The number of hydrogen-bond donors (Lipinski definition) is 2. The number of nitrogens with one attached hydrogen (secondary N) is 2. The molecular weight excluding hydrogens is 240 g/mol. The van der Waals surface area contributed by atoms with Crippen molar-refractivity contribution in [3.8, 4) is 0 Å². The fraction of sp³-hybridized carbons (Fsp3) is 0.933.